The van der Waals surface area contributed by atoms with E-state index in [1.807, 2.05) is 32.9 Å². The van der Waals surface area contributed by atoms with Crippen molar-refractivity contribution in [3.05, 3.63) is 35.3 Å². The summed E-state index contributed by atoms with van der Waals surface area (Å²) in [5.41, 5.74) is 2.18. The van der Waals surface area contributed by atoms with Gasteiger partial charge < -0.3 is 15.2 Å². The fraction of sp³-hybridized carbons (Fsp3) is 0.385. The molecule has 0 saturated heterocycles. The van der Waals surface area contributed by atoms with Crippen molar-refractivity contribution in [3.63, 3.8) is 0 Å². The Morgan fingerprint density at radius 3 is 2.79 bits per heavy atom. The minimum atomic E-state index is -0.641. The second kappa shape index (κ2) is 7.48. The Morgan fingerprint density at radius 2 is 2.16 bits per heavy atom. The van der Waals surface area contributed by atoms with Crippen LogP contribution in [0.4, 0.5) is 10.2 Å². The first-order chi connectivity index (χ1) is 9.02. The van der Waals surface area contributed by atoms with E-state index < -0.39 is 12.5 Å². The van der Waals surface area contributed by atoms with Crippen LogP contribution in [0.15, 0.2) is 29.5 Å². The topological polar surface area (TPSA) is 67.3 Å². The van der Waals surface area contributed by atoms with Crippen molar-refractivity contribution < 1.29 is 14.2 Å². The molecule has 6 heteroatoms. The van der Waals surface area contributed by atoms with Gasteiger partial charge in [0.2, 0.25) is 0 Å². The third-order valence-electron chi connectivity index (χ3n) is 2.10. The van der Waals surface area contributed by atoms with Crippen molar-refractivity contribution in [1.82, 2.24) is 9.97 Å². The fourth-order valence-corrected chi connectivity index (χ4v) is 1.15. The number of hydrogen-bond acceptors (Lipinski definition) is 5. The standard InChI is InChI=1S/C13H18FN3O2/c1-9(2)4-5-10(3)7-19-13-15-6-11(14)12(17-13)16-8-18/h4-6,18H,7-8H2,1-3H3,(H,15,16,17)/b10-5+. The summed E-state index contributed by atoms with van der Waals surface area (Å²) in [6, 6.07) is 0.0577. The molecule has 0 aliphatic heterocycles. The van der Waals surface area contributed by atoms with Gasteiger partial charge in [-0.3, -0.25) is 0 Å². The van der Waals surface area contributed by atoms with Crippen LogP contribution in [0.5, 0.6) is 6.01 Å². The van der Waals surface area contributed by atoms with Crippen LogP contribution in [0.3, 0.4) is 0 Å². The van der Waals surface area contributed by atoms with Gasteiger partial charge in [0, 0.05) is 0 Å². The van der Waals surface area contributed by atoms with Gasteiger partial charge in [0.25, 0.3) is 0 Å². The number of allylic oxidation sites excluding steroid dienone is 3. The molecule has 5 nitrogen and oxygen atoms in total. The maximum Gasteiger partial charge on any atom is 0.318 e. The Balaban J connectivity index is 2.65. The summed E-state index contributed by atoms with van der Waals surface area (Å²) in [6.45, 7) is 5.82. The van der Waals surface area contributed by atoms with Crippen LogP contribution < -0.4 is 10.1 Å². The molecule has 1 aromatic rings. The SMILES string of the molecule is CC(C)=C/C=C(\C)COc1ncc(F)c(NCO)n1. The van der Waals surface area contributed by atoms with Gasteiger partial charge in [0.1, 0.15) is 13.3 Å². The molecule has 0 aliphatic carbocycles. The van der Waals surface area contributed by atoms with Gasteiger partial charge in [-0.05, 0) is 26.3 Å². The van der Waals surface area contributed by atoms with Crippen LogP contribution in [0.2, 0.25) is 0 Å². The van der Waals surface area contributed by atoms with Gasteiger partial charge in [-0.1, -0.05) is 17.7 Å². The van der Waals surface area contributed by atoms with E-state index in [0.29, 0.717) is 6.61 Å². The van der Waals surface area contributed by atoms with E-state index in [9.17, 15) is 4.39 Å². The minimum absolute atomic E-state index is 0.0577. The molecule has 0 bridgehead atoms. The molecule has 0 radical (unpaired) electrons. The molecule has 1 heterocycles. The van der Waals surface area contributed by atoms with Gasteiger partial charge in [-0.15, -0.1) is 0 Å². The van der Waals surface area contributed by atoms with Crippen molar-refractivity contribution in [2.75, 3.05) is 18.7 Å². The number of halogens is 1. The van der Waals surface area contributed by atoms with Gasteiger partial charge >= 0.3 is 6.01 Å². The largest absolute Gasteiger partial charge is 0.459 e. The number of nitrogens with zero attached hydrogens (tertiary/aromatic N) is 2. The van der Waals surface area contributed by atoms with Crippen LogP contribution in [0.25, 0.3) is 0 Å². The molecule has 0 unspecified atom stereocenters. The molecule has 2 N–H and O–H groups in total. The summed E-state index contributed by atoms with van der Waals surface area (Å²) >= 11 is 0. The minimum Gasteiger partial charge on any atom is -0.459 e. The molecule has 0 aromatic carbocycles. The van der Waals surface area contributed by atoms with E-state index in [4.69, 9.17) is 9.84 Å². The number of aromatic nitrogens is 2. The van der Waals surface area contributed by atoms with Crippen LogP contribution in [0.1, 0.15) is 20.8 Å². The normalized spacial score (nSPS) is 11.1. The highest BCUT2D eigenvalue weighted by Crippen LogP contribution is 2.13. The van der Waals surface area contributed by atoms with E-state index >= 15 is 0 Å². The maximum absolute atomic E-state index is 13.2. The zero-order valence-electron chi connectivity index (χ0n) is 11.3. The predicted molar refractivity (Wildman–Crippen MR) is 71.4 cm³/mol. The van der Waals surface area contributed by atoms with E-state index in [2.05, 4.69) is 15.3 Å². The zero-order chi connectivity index (χ0) is 14.3. The lowest BCUT2D eigenvalue weighted by Gasteiger charge is -2.07. The van der Waals surface area contributed by atoms with Crippen molar-refractivity contribution >= 4 is 5.82 Å². The second-order valence-electron chi connectivity index (χ2n) is 4.23. The summed E-state index contributed by atoms with van der Waals surface area (Å²) in [6.07, 6.45) is 4.91. The first-order valence-corrected chi connectivity index (χ1v) is 5.83. The van der Waals surface area contributed by atoms with Gasteiger partial charge in [0.05, 0.1) is 6.20 Å². The molecular formula is C13H18FN3O2. The average molecular weight is 267 g/mol. The summed E-state index contributed by atoms with van der Waals surface area (Å²) in [5, 5.41) is 11.0. The fourth-order valence-electron chi connectivity index (χ4n) is 1.15. The quantitative estimate of drug-likeness (QED) is 0.611. The molecular weight excluding hydrogens is 249 g/mol. The van der Waals surface area contributed by atoms with Crippen molar-refractivity contribution in [2.24, 2.45) is 0 Å². The highest BCUT2D eigenvalue weighted by Gasteiger charge is 2.06. The first-order valence-electron chi connectivity index (χ1n) is 5.83. The Bertz CT molecular complexity index is 483. The lowest BCUT2D eigenvalue weighted by atomic mass is 10.2. The molecule has 0 fully saturated rings. The lowest BCUT2D eigenvalue weighted by Crippen LogP contribution is -2.08. The Morgan fingerprint density at radius 1 is 1.42 bits per heavy atom. The molecule has 19 heavy (non-hydrogen) atoms. The monoisotopic (exact) mass is 267 g/mol. The summed E-state index contributed by atoms with van der Waals surface area (Å²) in [7, 11) is 0. The predicted octanol–water partition coefficient (Wildman–Crippen LogP) is 2.27. The number of hydrogen-bond donors (Lipinski definition) is 2. The Labute approximate surface area is 111 Å². The first kappa shape index (κ1) is 15.1. The number of aliphatic hydroxyl groups is 1. The molecule has 1 aromatic heterocycles. The average Bonchev–Trinajstić information content (AvgIpc) is 2.37. The molecule has 1 rings (SSSR count). The van der Waals surface area contributed by atoms with Crippen molar-refractivity contribution in [2.45, 2.75) is 20.8 Å². The zero-order valence-corrected chi connectivity index (χ0v) is 11.3. The number of ether oxygens (including phenoxy) is 1. The third-order valence-corrected chi connectivity index (χ3v) is 2.10. The molecule has 0 saturated carbocycles. The summed E-state index contributed by atoms with van der Waals surface area (Å²) in [4.78, 5) is 7.52. The van der Waals surface area contributed by atoms with E-state index in [1.54, 1.807) is 0 Å². The second-order valence-corrected chi connectivity index (χ2v) is 4.23. The van der Waals surface area contributed by atoms with Crippen molar-refractivity contribution in [1.29, 1.82) is 0 Å². The number of anilines is 1. The van der Waals surface area contributed by atoms with E-state index in [1.165, 1.54) is 5.57 Å². The highest BCUT2D eigenvalue weighted by atomic mass is 19.1. The number of rotatable bonds is 6. The molecule has 0 amide bonds. The summed E-state index contributed by atoms with van der Waals surface area (Å²) in [5.74, 6) is -0.725. The molecule has 0 aliphatic rings. The van der Waals surface area contributed by atoms with Crippen LogP contribution in [0, 0.1) is 5.82 Å². The van der Waals surface area contributed by atoms with Crippen molar-refractivity contribution in [3.8, 4) is 6.01 Å². The van der Waals surface area contributed by atoms with Gasteiger partial charge in [-0.25, -0.2) is 9.37 Å². The van der Waals surface area contributed by atoms with Crippen LogP contribution in [-0.4, -0.2) is 28.4 Å². The van der Waals surface area contributed by atoms with E-state index in [0.717, 1.165) is 11.8 Å². The van der Waals surface area contributed by atoms with Gasteiger partial charge in [-0.2, -0.15) is 4.98 Å². The number of aliphatic hydroxyl groups excluding tert-OH is 1. The number of nitrogens with one attached hydrogen (secondary N) is 1. The van der Waals surface area contributed by atoms with E-state index in [-0.39, 0.29) is 11.8 Å². The van der Waals surface area contributed by atoms with Crippen LogP contribution >= 0.6 is 0 Å². The molecule has 0 spiro atoms. The Hall–Kier alpha value is -1.95. The lowest BCUT2D eigenvalue weighted by molar-refractivity contribution is 0.315. The Kier molecular flexibility index (Phi) is 5.95. The molecule has 0 atom stereocenters. The smallest absolute Gasteiger partial charge is 0.318 e. The third kappa shape index (κ3) is 5.48. The maximum atomic E-state index is 13.2. The highest BCUT2D eigenvalue weighted by molar-refractivity contribution is 5.35. The molecule has 104 valence electrons. The summed E-state index contributed by atoms with van der Waals surface area (Å²) < 4.78 is 18.5. The van der Waals surface area contributed by atoms with Crippen LogP contribution in [-0.2, 0) is 0 Å². The van der Waals surface area contributed by atoms with Gasteiger partial charge in [0.15, 0.2) is 11.6 Å².